The van der Waals surface area contributed by atoms with Crippen LogP contribution in [0.5, 0.6) is 5.75 Å². The Labute approximate surface area is 183 Å². The van der Waals surface area contributed by atoms with Gasteiger partial charge in [-0.15, -0.1) is 0 Å². The van der Waals surface area contributed by atoms with Crippen LogP contribution in [0.4, 0.5) is 13.2 Å². The fourth-order valence-electron chi connectivity index (χ4n) is 4.52. The van der Waals surface area contributed by atoms with Crippen molar-refractivity contribution in [2.24, 2.45) is 11.7 Å². The van der Waals surface area contributed by atoms with Crippen molar-refractivity contribution in [1.82, 2.24) is 15.3 Å². The molecule has 1 aliphatic heterocycles. The van der Waals surface area contributed by atoms with E-state index in [-0.39, 0.29) is 0 Å². The van der Waals surface area contributed by atoms with E-state index in [0.29, 0.717) is 35.1 Å². The van der Waals surface area contributed by atoms with Crippen LogP contribution in [0.2, 0.25) is 0 Å². The molecule has 1 saturated carbocycles. The van der Waals surface area contributed by atoms with Crippen molar-refractivity contribution >= 4 is 0 Å². The van der Waals surface area contributed by atoms with Crippen LogP contribution in [-0.2, 0) is 11.7 Å². The van der Waals surface area contributed by atoms with E-state index in [1.54, 1.807) is 18.3 Å². The van der Waals surface area contributed by atoms with E-state index in [0.717, 1.165) is 24.5 Å². The zero-order valence-electron chi connectivity index (χ0n) is 17.3. The summed E-state index contributed by atoms with van der Waals surface area (Å²) in [4.78, 5) is 7.94. The molecule has 1 aromatic carbocycles. The zero-order valence-corrected chi connectivity index (χ0v) is 17.3. The van der Waals surface area contributed by atoms with Gasteiger partial charge in [0.15, 0.2) is 0 Å². The topological polar surface area (TPSA) is 73.1 Å². The third-order valence-electron chi connectivity index (χ3n) is 6.37. The Balaban J connectivity index is 1.64. The summed E-state index contributed by atoms with van der Waals surface area (Å²) in [7, 11) is 0. The summed E-state index contributed by atoms with van der Waals surface area (Å²) < 4.78 is 46.5. The second kappa shape index (κ2) is 7.86. The third kappa shape index (κ3) is 3.53. The van der Waals surface area contributed by atoms with Gasteiger partial charge in [-0.25, -0.2) is 0 Å². The number of benzene rings is 1. The second-order valence-corrected chi connectivity index (χ2v) is 8.37. The first-order chi connectivity index (χ1) is 15.4. The number of rotatable bonds is 5. The van der Waals surface area contributed by atoms with Gasteiger partial charge in [0.25, 0.3) is 0 Å². The molecular formula is C24H23F3N4O. The highest BCUT2D eigenvalue weighted by atomic mass is 19.4. The molecule has 0 spiro atoms. The molecule has 1 aliphatic carbocycles. The average molecular weight is 440 g/mol. The first kappa shape index (κ1) is 20.9. The lowest BCUT2D eigenvalue weighted by Crippen LogP contribution is -2.42. The molecule has 0 radical (unpaired) electrons. The van der Waals surface area contributed by atoms with Crippen LogP contribution in [-0.4, -0.2) is 16.6 Å². The molecule has 3 heterocycles. The summed E-state index contributed by atoms with van der Waals surface area (Å²) in [5, 5.41) is 3.32. The molecule has 5 nitrogen and oxygen atoms in total. The van der Waals surface area contributed by atoms with E-state index in [2.05, 4.69) is 15.3 Å². The lowest BCUT2D eigenvalue weighted by Gasteiger charge is -2.33. The molecule has 2 aromatic heterocycles. The van der Waals surface area contributed by atoms with E-state index in [9.17, 15) is 13.2 Å². The Morgan fingerprint density at radius 1 is 1.03 bits per heavy atom. The lowest BCUT2D eigenvalue weighted by molar-refractivity contribution is -0.141. The van der Waals surface area contributed by atoms with Crippen LogP contribution in [0, 0.1) is 5.92 Å². The number of nitrogens with two attached hydrogens (primary N) is 1. The summed E-state index contributed by atoms with van der Waals surface area (Å²) in [6, 6.07) is 13.7. The Kier molecular flexibility index (Phi) is 5.14. The summed E-state index contributed by atoms with van der Waals surface area (Å²) in [5.41, 5.74) is 6.68. The molecule has 3 aromatic rings. The van der Waals surface area contributed by atoms with Gasteiger partial charge in [-0.05, 0) is 60.2 Å². The maximum atomic E-state index is 13.5. The molecule has 3 N–H and O–H groups in total. The number of alkyl halides is 3. The van der Waals surface area contributed by atoms with E-state index in [4.69, 9.17) is 10.5 Å². The van der Waals surface area contributed by atoms with Crippen LogP contribution in [0.25, 0.3) is 0 Å². The van der Waals surface area contributed by atoms with Crippen LogP contribution in [0.3, 0.4) is 0 Å². The predicted octanol–water partition coefficient (Wildman–Crippen LogP) is 4.53. The van der Waals surface area contributed by atoms with Gasteiger partial charge in [0.1, 0.15) is 17.6 Å². The Morgan fingerprint density at radius 3 is 2.59 bits per heavy atom. The van der Waals surface area contributed by atoms with Gasteiger partial charge in [0.05, 0.1) is 17.8 Å². The molecule has 8 heteroatoms. The summed E-state index contributed by atoms with van der Waals surface area (Å²) >= 11 is 0. The second-order valence-electron chi connectivity index (χ2n) is 8.37. The zero-order chi connectivity index (χ0) is 22.3. The van der Waals surface area contributed by atoms with E-state index in [1.165, 1.54) is 12.6 Å². The number of ether oxygens (including phenoxy) is 1. The number of nitrogens with zero attached hydrogens (tertiary/aromatic N) is 2. The highest BCUT2D eigenvalue weighted by Gasteiger charge is 2.47. The molecule has 0 saturated heterocycles. The van der Waals surface area contributed by atoms with Crippen molar-refractivity contribution in [3.8, 4) is 5.75 Å². The number of hydrogen-bond acceptors (Lipinski definition) is 5. The Bertz CT molecular complexity index is 1130. The number of halogens is 3. The van der Waals surface area contributed by atoms with Gasteiger partial charge in [0.2, 0.25) is 0 Å². The molecule has 166 valence electrons. The van der Waals surface area contributed by atoms with E-state index >= 15 is 0 Å². The quantitative estimate of drug-likeness (QED) is 0.610. The minimum absolute atomic E-state index is 0.387. The number of nitrogens with one attached hydrogen (secondary N) is 1. The minimum Gasteiger partial charge on any atom is -0.493 e. The number of pyridine rings is 2. The van der Waals surface area contributed by atoms with Crippen molar-refractivity contribution < 1.29 is 17.9 Å². The molecular weight excluding hydrogens is 417 g/mol. The van der Waals surface area contributed by atoms with Crippen molar-refractivity contribution in [1.29, 1.82) is 0 Å². The first-order valence-corrected chi connectivity index (χ1v) is 10.6. The number of hydrogen-bond donors (Lipinski definition) is 2. The standard InChI is InChI=1S/C24H23F3N4O/c25-24(26,27)20-13-17(9-11-29-20)23(19-8-3-10-30-21(19)22(28)31-23)16-6-2-7-18(12-16)32-14-15-4-1-5-15/h2-3,6-13,15,22,31H,1,4-5,14,28H2. The van der Waals surface area contributed by atoms with Gasteiger partial charge < -0.3 is 10.5 Å². The molecule has 2 aliphatic rings. The number of aromatic nitrogens is 2. The largest absolute Gasteiger partial charge is 0.493 e. The van der Waals surface area contributed by atoms with Gasteiger partial charge in [-0.2, -0.15) is 13.2 Å². The lowest BCUT2D eigenvalue weighted by atomic mass is 9.78. The third-order valence-corrected chi connectivity index (χ3v) is 6.37. The Hall–Kier alpha value is -2.97. The highest BCUT2D eigenvalue weighted by molar-refractivity contribution is 5.56. The van der Waals surface area contributed by atoms with Gasteiger partial charge in [-0.1, -0.05) is 24.6 Å². The average Bonchev–Trinajstić information content (AvgIpc) is 3.06. The van der Waals surface area contributed by atoms with Gasteiger partial charge >= 0.3 is 6.18 Å². The Morgan fingerprint density at radius 2 is 1.84 bits per heavy atom. The van der Waals surface area contributed by atoms with Crippen molar-refractivity contribution in [2.75, 3.05) is 6.61 Å². The van der Waals surface area contributed by atoms with E-state index < -0.39 is 23.6 Å². The summed E-state index contributed by atoms with van der Waals surface area (Å²) in [6.07, 6.45) is 1.15. The van der Waals surface area contributed by atoms with Crippen LogP contribution in [0.1, 0.15) is 53.5 Å². The predicted molar refractivity (Wildman–Crippen MR) is 113 cm³/mol. The molecule has 2 atom stereocenters. The fourth-order valence-corrected chi connectivity index (χ4v) is 4.52. The summed E-state index contributed by atoms with van der Waals surface area (Å²) in [6.45, 7) is 0.634. The molecule has 0 bridgehead atoms. The number of fused-ring (bicyclic) bond motifs is 1. The SMILES string of the molecule is NC1NC(c2cccc(OCC3CCC3)c2)(c2ccnc(C(F)(F)F)c2)c2cccnc21. The summed E-state index contributed by atoms with van der Waals surface area (Å²) in [5.74, 6) is 1.23. The van der Waals surface area contributed by atoms with Crippen LogP contribution >= 0.6 is 0 Å². The van der Waals surface area contributed by atoms with Crippen molar-refractivity contribution in [2.45, 2.75) is 37.1 Å². The van der Waals surface area contributed by atoms with Crippen molar-refractivity contribution in [3.63, 3.8) is 0 Å². The molecule has 1 fully saturated rings. The molecule has 32 heavy (non-hydrogen) atoms. The maximum Gasteiger partial charge on any atom is 0.433 e. The van der Waals surface area contributed by atoms with E-state index in [1.807, 2.05) is 30.3 Å². The monoisotopic (exact) mass is 440 g/mol. The van der Waals surface area contributed by atoms with Crippen LogP contribution in [0.15, 0.2) is 60.9 Å². The molecule has 5 rings (SSSR count). The van der Waals surface area contributed by atoms with Crippen molar-refractivity contribution in [3.05, 3.63) is 89.0 Å². The molecule has 2 unspecified atom stereocenters. The van der Waals surface area contributed by atoms with Gasteiger partial charge in [0, 0.05) is 18.0 Å². The minimum atomic E-state index is -4.57. The van der Waals surface area contributed by atoms with Crippen LogP contribution < -0.4 is 15.8 Å². The normalized spacial score (nSPS) is 22.9. The first-order valence-electron chi connectivity index (χ1n) is 10.6. The molecule has 0 amide bonds. The maximum absolute atomic E-state index is 13.5. The van der Waals surface area contributed by atoms with Gasteiger partial charge in [-0.3, -0.25) is 15.3 Å². The smallest absolute Gasteiger partial charge is 0.433 e. The fraction of sp³-hybridized carbons (Fsp3) is 0.333. The highest BCUT2D eigenvalue weighted by Crippen LogP contribution is 2.46.